The number of furan rings is 1. The van der Waals surface area contributed by atoms with E-state index < -0.39 is 0 Å². The fraction of sp³-hybridized carbons (Fsp3) is 0.615. The lowest BCUT2D eigenvalue weighted by molar-refractivity contribution is 0.123. The van der Waals surface area contributed by atoms with E-state index in [0.717, 1.165) is 25.3 Å². The normalized spacial score (nSPS) is 24.4. The van der Waals surface area contributed by atoms with Gasteiger partial charge < -0.3 is 4.42 Å². The second-order valence-corrected chi connectivity index (χ2v) is 5.00. The highest BCUT2D eigenvalue weighted by atomic mass is 16.3. The monoisotopic (exact) mass is 218 g/mol. The van der Waals surface area contributed by atoms with Crippen LogP contribution in [-0.4, -0.2) is 17.0 Å². The minimum absolute atomic E-state index is 0.0997. The van der Waals surface area contributed by atoms with Gasteiger partial charge >= 0.3 is 0 Å². The molecule has 1 aromatic heterocycles. The Morgan fingerprint density at radius 2 is 2.44 bits per heavy atom. The van der Waals surface area contributed by atoms with Crippen LogP contribution in [0.5, 0.6) is 0 Å². The topological polar surface area (TPSA) is 40.2 Å². The molecule has 0 radical (unpaired) electrons. The minimum atomic E-state index is 0.0997. The lowest BCUT2D eigenvalue weighted by atomic mass is 9.86. The second kappa shape index (κ2) is 4.31. The molecule has 0 bridgehead atoms. The quantitative estimate of drug-likeness (QED) is 0.783. The first-order chi connectivity index (χ1) is 7.64. The van der Waals surface area contributed by atoms with E-state index in [9.17, 15) is 0 Å². The minimum Gasteiger partial charge on any atom is -0.468 e. The summed E-state index contributed by atoms with van der Waals surface area (Å²) in [5, 5.41) is 8.81. The number of rotatable bonds is 3. The van der Waals surface area contributed by atoms with Crippen molar-refractivity contribution in [2.24, 2.45) is 5.92 Å². The Morgan fingerprint density at radius 1 is 1.62 bits per heavy atom. The smallest absolute Gasteiger partial charge is 0.117 e. The van der Waals surface area contributed by atoms with Crippen LogP contribution in [0.2, 0.25) is 0 Å². The summed E-state index contributed by atoms with van der Waals surface area (Å²) < 4.78 is 5.38. The number of likely N-dealkylation sites (tertiary alicyclic amines) is 1. The summed E-state index contributed by atoms with van der Waals surface area (Å²) in [6.45, 7) is 6.36. The van der Waals surface area contributed by atoms with Crippen molar-refractivity contribution in [1.29, 1.82) is 5.26 Å². The summed E-state index contributed by atoms with van der Waals surface area (Å²) in [6, 6.07) is 6.22. The van der Waals surface area contributed by atoms with E-state index in [0.29, 0.717) is 12.3 Å². The molecule has 2 rings (SSSR count). The first kappa shape index (κ1) is 11.2. The Hall–Kier alpha value is -1.27. The van der Waals surface area contributed by atoms with E-state index in [4.69, 9.17) is 9.68 Å². The zero-order valence-electron chi connectivity index (χ0n) is 9.94. The molecule has 16 heavy (non-hydrogen) atoms. The standard InChI is InChI=1S/C13H18N2O/c1-13(2)11(5-7-14)6-8-15(13)10-12-4-3-9-16-12/h3-4,9,11H,5-6,8,10H2,1-2H3. The van der Waals surface area contributed by atoms with Crippen LogP contribution in [0.3, 0.4) is 0 Å². The van der Waals surface area contributed by atoms with Crippen LogP contribution in [0, 0.1) is 17.2 Å². The average molecular weight is 218 g/mol. The summed E-state index contributed by atoms with van der Waals surface area (Å²) in [4.78, 5) is 2.41. The van der Waals surface area contributed by atoms with Crippen molar-refractivity contribution in [3.8, 4) is 6.07 Å². The van der Waals surface area contributed by atoms with Gasteiger partial charge in [-0.15, -0.1) is 0 Å². The van der Waals surface area contributed by atoms with Gasteiger partial charge in [0.05, 0.1) is 18.9 Å². The Morgan fingerprint density at radius 3 is 3.06 bits per heavy atom. The van der Waals surface area contributed by atoms with Gasteiger partial charge in [-0.2, -0.15) is 5.26 Å². The molecule has 2 heterocycles. The first-order valence-corrected chi connectivity index (χ1v) is 5.79. The van der Waals surface area contributed by atoms with Gasteiger partial charge in [-0.3, -0.25) is 4.90 Å². The molecule has 0 aliphatic carbocycles. The Labute approximate surface area is 96.7 Å². The molecule has 0 aromatic carbocycles. The van der Waals surface area contributed by atoms with Crippen molar-refractivity contribution in [3.63, 3.8) is 0 Å². The maximum Gasteiger partial charge on any atom is 0.117 e. The molecule has 1 unspecified atom stereocenters. The third-order valence-electron chi connectivity index (χ3n) is 3.83. The van der Waals surface area contributed by atoms with Crippen molar-refractivity contribution < 1.29 is 4.42 Å². The Bertz CT molecular complexity index is 375. The maximum atomic E-state index is 8.81. The van der Waals surface area contributed by atoms with Gasteiger partial charge in [0.2, 0.25) is 0 Å². The highest BCUT2D eigenvalue weighted by Gasteiger charge is 2.40. The molecule has 1 fully saturated rings. The molecule has 1 aliphatic rings. The van der Waals surface area contributed by atoms with Crippen molar-refractivity contribution in [2.75, 3.05) is 6.54 Å². The molecule has 0 N–H and O–H groups in total. The number of hydrogen-bond acceptors (Lipinski definition) is 3. The van der Waals surface area contributed by atoms with E-state index in [1.54, 1.807) is 6.26 Å². The van der Waals surface area contributed by atoms with Crippen LogP contribution in [0.25, 0.3) is 0 Å². The third kappa shape index (κ3) is 1.98. The van der Waals surface area contributed by atoms with Crippen LogP contribution in [0.4, 0.5) is 0 Å². The lowest BCUT2D eigenvalue weighted by Gasteiger charge is -2.34. The van der Waals surface area contributed by atoms with Crippen LogP contribution in [0.15, 0.2) is 22.8 Å². The van der Waals surface area contributed by atoms with Crippen molar-refractivity contribution in [1.82, 2.24) is 4.90 Å². The number of nitrogens with zero attached hydrogens (tertiary/aromatic N) is 2. The average Bonchev–Trinajstić information content (AvgIpc) is 2.82. The van der Waals surface area contributed by atoms with Crippen molar-refractivity contribution >= 4 is 0 Å². The molecule has 1 saturated heterocycles. The lowest BCUT2D eigenvalue weighted by Crippen LogP contribution is -2.41. The van der Waals surface area contributed by atoms with E-state index in [-0.39, 0.29) is 5.54 Å². The van der Waals surface area contributed by atoms with E-state index in [1.807, 2.05) is 12.1 Å². The highest BCUT2D eigenvalue weighted by molar-refractivity contribution is 5.03. The van der Waals surface area contributed by atoms with E-state index in [2.05, 4.69) is 24.8 Å². The summed E-state index contributed by atoms with van der Waals surface area (Å²) in [7, 11) is 0. The largest absolute Gasteiger partial charge is 0.468 e. The van der Waals surface area contributed by atoms with Gasteiger partial charge in [0.1, 0.15) is 5.76 Å². The molecule has 3 heteroatoms. The van der Waals surface area contributed by atoms with Gasteiger partial charge in [-0.25, -0.2) is 0 Å². The van der Waals surface area contributed by atoms with Gasteiger partial charge in [0, 0.05) is 12.0 Å². The van der Waals surface area contributed by atoms with Gasteiger partial charge in [-0.05, 0) is 44.9 Å². The first-order valence-electron chi connectivity index (χ1n) is 5.79. The molecular weight excluding hydrogens is 200 g/mol. The third-order valence-corrected chi connectivity index (χ3v) is 3.83. The molecule has 86 valence electrons. The molecule has 1 aromatic rings. The molecule has 0 amide bonds. The number of nitriles is 1. The Kier molecular flexibility index (Phi) is 3.02. The predicted octanol–water partition coefficient (Wildman–Crippen LogP) is 2.79. The maximum absolute atomic E-state index is 8.81. The predicted molar refractivity (Wildman–Crippen MR) is 61.5 cm³/mol. The molecule has 1 aliphatic heterocycles. The fourth-order valence-corrected chi connectivity index (χ4v) is 2.55. The zero-order valence-corrected chi connectivity index (χ0v) is 9.94. The zero-order chi connectivity index (χ0) is 11.6. The Balaban J connectivity index is 2.05. The van der Waals surface area contributed by atoms with Crippen molar-refractivity contribution in [2.45, 2.75) is 38.8 Å². The summed E-state index contributed by atoms with van der Waals surface area (Å²) in [6.07, 6.45) is 3.48. The van der Waals surface area contributed by atoms with Crippen LogP contribution in [0.1, 0.15) is 32.4 Å². The van der Waals surface area contributed by atoms with Crippen LogP contribution >= 0.6 is 0 Å². The van der Waals surface area contributed by atoms with E-state index in [1.165, 1.54) is 0 Å². The van der Waals surface area contributed by atoms with E-state index >= 15 is 0 Å². The molecule has 0 saturated carbocycles. The van der Waals surface area contributed by atoms with Gasteiger partial charge in [0.25, 0.3) is 0 Å². The highest BCUT2D eigenvalue weighted by Crippen LogP contribution is 2.37. The van der Waals surface area contributed by atoms with Crippen LogP contribution < -0.4 is 0 Å². The number of hydrogen-bond donors (Lipinski definition) is 0. The molecule has 3 nitrogen and oxygen atoms in total. The molecule has 1 atom stereocenters. The SMILES string of the molecule is CC1(C)C(CC#N)CCN1Cc1ccco1. The summed E-state index contributed by atoms with van der Waals surface area (Å²) in [5.41, 5.74) is 0.0997. The van der Waals surface area contributed by atoms with Gasteiger partial charge in [-0.1, -0.05) is 0 Å². The van der Waals surface area contributed by atoms with Gasteiger partial charge in [0.15, 0.2) is 0 Å². The molecular formula is C13H18N2O. The summed E-state index contributed by atoms with van der Waals surface area (Å²) >= 11 is 0. The van der Waals surface area contributed by atoms with Crippen molar-refractivity contribution in [3.05, 3.63) is 24.2 Å². The van der Waals surface area contributed by atoms with Crippen LogP contribution in [-0.2, 0) is 6.54 Å². The summed E-state index contributed by atoms with van der Waals surface area (Å²) in [5.74, 6) is 1.48. The fourth-order valence-electron chi connectivity index (χ4n) is 2.55. The second-order valence-electron chi connectivity index (χ2n) is 5.00. The molecule has 0 spiro atoms.